The van der Waals surface area contributed by atoms with Crippen molar-refractivity contribution in [2.24, 2.45) is 0 Å². The number of benzene rings is 2. The van der Waals surface area contributed by atoms with E-state index >= 15 is 0 Å². The number of carbonyl (C=O) groups excluding carboxylic acids is 2. The average Bonchev–Trinajstić information content (AvgIpc) is 2.75. The molecule has 2 aromatic rings. The van der Waals surface area contributed by atoms with Crippen LogP contribution in [0.1, 0.15) is 44.7 Å². The zero-order valence-electron chi connectivity index (χ0n) is 20.4. The Labute approximate surface area is 208 Å². The van der Waals surface area contributed by atoms with Crippen LogP contribution >= 0.6 is 11.6 Å². The third-order valence-corrected chi connectivity index (χ3v) is 6.78. The van der Waals surface area contributed by atoms with Gasteiger partial charge in [0.25, 0.3) is 0 Å². The minimum Gasteiger partial charge on any atom is -0.352 e. The first-order valence-corrected chi connectivity index (χ1v) is 13.5. The number of hydrogen-bond donors (Lipinski definition) is 1. The second-order valence-corrected chi connectivity index (χ2v) is 11.1. The first kappa shape index (κ1) is 27.7. The molecular weight excluding hydrogens is 474 g/mol. The lowest BCUT2D eigenvalue weighted by Gasteiger charge is -2.30. The quantitative estimate of drug-likeness (QED) is 0.495. The van der Waals surface area contributed by atoms with Gasteiger partial charge in [-0.1, -0.05) is 41.4 Å². The summed E-state index contributed by atoms with van der Waals surface area (Å²) in [6.07, 6.45) is 1.54. The molecule has 0 spiro atoms. The van der Waals surface area contributed by atoms with Gasteiger partial charge in [-0.3, -0.25) is 13.9 Å². The van der Waals surface area contributed by atoms with Crippen molar-refractivity contribution in [3.8, 4) is 0 Å². The van der Waals surface area contributed by atoms with E-state index in [2.05, 4.69) is 5.32 Å². The first-order chi connectivity index (χ1) is 15.9. The fourth-order valence-electron chi connectivity index (χ4n) is 3.49. The van der Waals surface area contributed by atoms with E-state index in [9.17, 15) is 18.0 Å². The van der Waals surface area contributed by atoms with Crippen LogP contribution in [-0.2, 0) is 26.2 Å². The van der Waals surface area contributed by atoms with Crippen LogP contribution in [-0.4, -0.2) is 50.0 Å². The van der Waals surface area contributed by atoms with Gasteiger partial charge in [0, 0.05) is 30.6 Å². The van der Waals surface area contributed by atoms with Crippen LogP contribution in [0.4, 0.5) is 5.69 Å². The molecule has 2 aromatic carbocycles. The fourth-order valence-corrected chi connectivity index (χ4v) is 4.58. The minimum atomic E-state index is -3.54. The topological polar surface area (TPSA) is 86.8 Å². The van der Waals surface area contributed by atoms with Crippen molar-refractivity contribution in [2.45, 2.75) is 59.2 Å². The lowest BCUT2D eigenvalue weighted by atomic mass is 10.1. The van der Waals surface area contributed by atoms with Gasteiger partial charge in [0.15, 0.2) is 0 Å². The molecule has 0 saturated carbocycles. The zero-order chi connectivity index (χ0) is 25.5. The third kappa shape index (κ3) is 8.33. The van der Waals surface area contributed by atoms with Gasteiger partial charge in [-0.25, -0.2) is 8.42 Å². The Morgan fingerprint density at radius 1 is 1.00 bits per heavy atom. The maximum absolute atomic E-state index is 13.2. The third-order valence-electron chi connectivity index (χ3n) is 5.34. The smallest absolute Gasteiger partial charge is 0.242 e. The van der Waals surface area contributed by atoms with E-state index in [1.165, 1.54) is 4.31 Å². The fraction of sp³-hybridized carbons (Fsp3) is 0.440. The summed E-state index contributed by atoms with van der Waals surface area (Å²) in [5.74, 6) is -0.439. The van der Waals surface area contributed by atoms with E-state index in [0.717, 1.165) is 17.4 Å². The number of aryl methyl sites for hydroxylation is 1. The van der Waals surface area contributed by atoms with Gasteiger partial charge >= 0.3 is 0 Å². The van der Waals surface area contributed by atoms with Gasteiger partial charge in [0.2, 0.25) is 21.8 Å². The average molecular weight is 508 g/mol. The van der Waals surface area contributed by atoms with Crippen LogP contribution in [0.5, 0.6) is 0 Å². The molecule has 2 amide bonds. The van der Waals surface area contributed by atoms with E-state index in [1.807, 2.05) is 45.0 Å². The SMILES string of the molecule is Cc1ccc(CN(C(=O)CCCN(c2ccc(Cl)cc2)S(C)(=O)=O)[C@@H](C)C(=O)NC(C)C)cc1. The molecule has 0 saturated heterocycles. The van der Waals surface area contributed by atoms with Crippen molar-refractivity contribution in [3.05, 3.63) is 64.7 Å². The van der Waals surface area contributed by atoms with E-state index in [0.29, 0.717) is 23.7 Å². The number of anilines is 1. The summed E-state index contributed by atoms with van der Waals surface area (Å²) in [6, 6.07) is 13.6. The number of carbonyl (C=O) groups is 2. The Kier molecular flexibility index (Phi) is 9.94. The standard InChI is InChI=1S/C25H34ClN3O4S/c1-18(2)27-25(31)20(4)28(17-21-10-8-19(3)9-11-21)24(30)7-6-16-29(34(5,32)33)23-14-12-22(26)13-15-23/h8-15,18,20H,6-7,16-17H2,1-5H3,(H,27,31)/t20-/m0/s1. The van der Waals surface area contributed by atoms with Crippen LogP contribution in [0.2, 0.25) is 5.02 Å². The number of sulfonamides is 1. The summed E-state index contributed by atoms with van der Waals surface area (Å²) in [5, 5.41) is 3.37. The van der Waals surface area contributed by atoms with Crippen molar-refractivity contribution in [1.29, 1.82) is 0 Å². The zero-order valence-corrected chi connectivity index (χ0v) is 22.0. The maximum Gasteiger partial charge on any atom is 0.242 e. The minimum absolute atomic E-state index is 0.0472. The highest BCUT2D eigenvalue weighted by molar-refractivity contribution is 7.92. The van der Waals surface area contributed by atoms with Gasteiger partial charge in [-0.15, -0.1) is 0 Å². The van der Waals surface area contributed by atoms with Crippen LogP contribution in [0.15, 0.2) is 48.5 Å². The molecule has 7 nitrogen and oxygen atoms in total. The first-order valence-electron chi connectivity index (χ1n) is 11.3. The molecule has 0 aliphatic heterocycles. The molecule has 0 fully saturated rings. The predicted molar refractivity (Wildman–Crippen MR) is 137 cm³/mol. The molecule has 0 aliphatic rings. The van der Waals surface area contributed by atoms with Crippen molar-refractivity contribution in [2.75, 3.05) is 17.1 Å². The molecule has 1 atom stereocenters. The highest BCUT2D eigenvalue weighted by atomic mass is 35.5. The molecule has 0 aliphatic carbocycles. The van der Waals surface area contributed by atoms with Crippen LogP contribution in [0.3, 0.4) is 0 Å². The Balaban J connectivity index is 2.15. The molecule has 9 heteroatoms. The lowest BCUT2D eigenvalue weighted by Crippen LogP contribution is -2.49. The Bertz CT molecular complexity index is 1070. The number of nitrogens with zero attached hydrogens (tertiary/aromatic N) is 2. The molecule has 2 rings (SSSR count). The Morgan fingerprint density at radius 3 is 2.12 bits per heavy atom. The molecule has 0 heterocycles. The number of nitrogens with one attached hydrogen (secondary N) is 1. The molecule has 186 valence electrons. The van der Waals surface area contributed by atoms with E-state index < -0.39 is 16.1 Å². The molecule has 1 N–H and O–H groups in total. The normalized spacial score (nSPS) is 12.3. The largest absolute Gasteiger partial charge is 0.352 e. The predicted octanol–water partition coefficient (Wildman–Crippen LogP) is 4.14. The van der Waals surface area contributed by atoms with Crippen molar-refractivity contribution >= 4 is 39.1 Å². The number of rotatable bonds is 11. The van der Waals surface area contributed by atoms with E-state index in [4.69, 9.17) is 11.6 Å². The lowest BCUT2D eigenvalue weighted by molar-refractivity contribution is -0.140. The molecule has 0 aromatic heterocycles. The van der Waals surface area contributed by atoms with Gasteiger partial charge in [-0.2, -0.15) is 0 Å². The molecule has 0 bridgehead atoms. The molecule has 34 heavy (non-hydrogen) atoms. The number of amides is 2. The number of hydrogen-bond acceptors (Lipinski definition) is 4. The highest BCUT2D eigenvalue weighted by Crippen LogP contribution is 2.21. The molecule has 0 radical (unpaired) electrons. The van der Waals surface area contributed by atoms with Gasteiger partial charge < -0.3 is 10.2 Å². The maximum atomic E-state index is 13.2. The monoisotopic (exact) mass is 507 g/mol. The Morgan fingerprint density at radius 2 is 1.59 bits per heavy atom. The highest BCUT2D eigenvalue weighted by Gasteiger charge is 2.27. The van der Waals surface area contributed by atoms with Gasteiger partial charge in [0.05, 0.1) is 11.9 Å². The van der Waals surface area contributed by atoms with Gasteiger partial charge in [0.1, 0.15) is 6.04 Å². The second kappa shape index (κ2) is 12.2. The van der Waals surface area contributed by atoms with Crippen LogP contribution in [0, 0.1) is 6.92 Å². The summed E-state index contributed by atoms with van der Waals surface area (Å²) in [6.45, 7) is 7.86. The van der Waals surface area contributed by atoms with Crippen LogP contribution < -0.4 is 9.62 Å². The van der Waals surface area contributed by atoms with Crippen molar-refractivity contribution in [1.82, 2.24) is 10.2 Å². The molecule has 0 unspecified atom stereocenters. The summed E-state index contributed by atoms with van der Waals surface area (Å²) in [7, 11) is -3.54. The summed E-state index contributed by atoms with van der Waals surface area (Å²) in [5.41, 5.74) is 2.51. The Hall–Kier alpha value is -2.58. The summed E-state index contributed by atoms with van der Waals surface area (Å²) in [4.78, 5) is 27.4. The van der Waals surface area contributed by atoms with Gasteiger partial charge in [-0.05, 0) is 63.9 Å². The number of halogens is 1. The van der Waals surface area contributed by atoms with Crippen molar-refractivity contribution in [3.63, 3.8) is 0 Å². The second-order valence-electron chi connectivity index (χ2n) is 8.76. The molecular formula is C25H34ClN3O4S. The summed E-state index contributed by atoms with van der Waals surface area (Å²) < 4.78 is 25.9. The summed E-state index contributed by atoms with van der Waals surface area (Å²) >= 11 is 5.92. The van der Waals surface area contributed by atoms with E-state index in [1.54, 1.807) is 36.1 Å². The van der Waals surface area contributed by atoms with Crippen LogP contribution in [0.25, 0.3) is 0 Å². The van der Waals surface area contributed by atoms with Crippen molar-refractivity contribution < 1.29 is 18.0 Å². The van der Waals surface area contributed by atoms with E-state index in [-0.39, 0.29) is 30.8 Å².